The van der Waals surface area contributed by atoms with Gasteiger partial charge < -0.3 is 10.6 Å². The molecule has 1 aliphatic heterocycles. The number of hydrogen-bond acceptors (Lipinski definition) is 2. The van der Waals surface area contributed by atoms with E-state index >= 15 is 0 Å². The van der Waals surface area contributed by atoms with Gasteiger partial charge in [0.1, 0.15) is 0 Å². The molecule has 2 aliphatic rings. The molecule has 1 heterocycles. The van der Waals surface area contributed by atoms with E-state index in [9.17, 15) is 0 Å². The summed E-state index contributed by atoms with van der Waals surface area (Å²) in [6.45, 7) is 8.20. The van der Waals surface area contributed by atoms with Gasteiger partial charge in [-0.25, -0.2) is 0 Å². The summed E-state index contributed by atoms with van der Waals surface area (Å²) in [6.07, 6.45) is 8.35. The fourth-order valence-electron chi connectivity index (χ4n) is 3.37. The Morgan fingerprint density at radius 2 is 1.94 bits per heavy atom. The van der Waals surface area contributed by atoms with E-state index in [1.807, 2.05) is 0 Å². The third kappa shape index (κ3) is 2.78. The Bertz CT molecular complexity index is 219. The molecule has 0 spiro atoms. The molecular weight excluding hydrogens is 196 g/mol. The summed E-state index contributed by atoms with van der Waals surface area (Å²) in [6, 6.07) is 0.881. The van der Waals surface area contributed by atoms with Gasteiger partial charge in [-0.1, -0.05) is 26.7 Å². The van der Waals surface area contributed by atoms with Crippen molar-refractivity contribution >= 4 is 0 Å². The normalized spacial score (nSPS) is 36.2. The standard InChI is InChI=1S/C14H28N2/c1-12-4-3-5-13(10-12)16-8-6-14(2,11-15)7-9-16/h12-13H,3-11,15H2,1-2H3. The smallest absolute Gasteiger partial charge is 0.00978 e. The van der Waals surface area contributed by atoms with Gasteiger partial charge in [-0.05, 0) is 56.7 Å². The van der Waals surface area contributed by atoms with Gasteiger partial charge in [-0.3, -0.25) is 0 Å². The predicted octanol–water partition coefficient (Wildman–Crippen LogP) is 2.63. The van der Waals surface area contributed by atoms with E-state index in [0.29, 0.717) is 5.41 Å². The molecule has 2 fully saturated rings. The summed E-state index contributed by atoms with van der Waals surface area (Å²) in [7, 11) is 0. The van der Waals surface area contributed by atoms with Crippen LogP contribution in [0.5, 0.6) is 0 Å². The quantitative estimate of drug-likeness (QED) is 0.781. The molecule has 16 heavy (non-hydrogen) atoms. The lowest BCUT2D eigenvalue weighted by Crippen LogP contribution is -2.47. The summed E-state index contributed by atoms with van der Waals surface area (Å²) in [5.41, 5.74) is 6.29. The van der Waals surface area contributed by atoms with E-state index in [-0.39, 0.29) is 0 Å². The fraction of sp³-hybridized carbons (Fsp3) is 1.00. The van der Waals surface area contributed by atoms with Crippen molar-refractivity contribution in [2.24, 2.45) is 17.1 Å². The van der Waals surface area contributed by atoms with Gasteiger partial charge in [0.15, 0.2) is 0 Å². The molecule has 2 rings (SSSR count). The van der Waals surface area contributed by atoms with Gasteiger partial charge in [-0.2, -0.15) is 0 Å². The molecule has 0 aromatic carbocycles. The molecule has 94 valence electrons. The third-order valence-corrected chi connectivity index (χ3v) is 4.92. The van der Waals surface area contributed by atoms with Crippen molar-refractivity contribution in [1.29, 1.82) is 0 Å². The number of nitrogens with two attached hydrogens (primary N) is 1. The van der Waals surface area contributed by atoms with Crippen LogP contribution < -0.4 is 5.73 Å². The van der Waals surface area contributed by atoms with Crippen LogP contribution in [0.15, 0.2) is 0 Å². The SMILES string of the molecule is CC1CCCC(N2CCC(C)(CN)CC2)C1. The zero-order chi connectivity index (χ0) is 11.6. The maximum atomic E-state index is 5.86. The Kier molecular flexibility index (Phi) is 3.91. The topological polar surface area (TPSA) is 29.3 Å². The predicted molar refractivity (Wildman–Crippen MR) is 69.4 cm³/mol. The molecule has 2 nitrogen and oxygen atoms in total. The van der Waals surface area contributed by atoms with Crippen LogP contribution in [-0.4, -0.2) is 30.6 Å². The summed E-state index contributed by atoms with van der Waals surface area (Å²) in [5.74, 6) is 0.946. The lowest BCUT2D eigenvalue weighted by molar-refractivity contribution is 0.0620. The van der Waals surface area contributed by atoms with Crippen LogP contribution >= 0.6 is 0 Å². The minimum atomic E-state index is 0.427. The molecule has 2 N–H and O–H groups in total. The Hall–Kier alpha value is -0.0800. The lowest BCUT2D eigenvalue weighted by Gasteiger charge is -2.44. The molecule has 0 radical (unpaired) electrons. The van der Waals surface area contributed by atoms with Gasteiger partial charge in [-0.15, -0.1) is 0 Å². The zero-order valence-corrected chi connectivity index (χ0v) is 11.0. The third-order valence-electron chi connectivity index (χ3n) is 4.92. The van der Waals surface area contributed by atoms with Gasteiger partial charge in [0.05, 0.1) is 0 Å². The van der Waals surface area contributed by atoms with Crippen LogP contribution in [0.2, 0.25) is 0 Å². The Morgan fingerprint density at radius 3 is 2.50 bits per heavy atom. The Labute approximate surface area is 101 Å². The van der Waals surface area contributed by atoms with Crippen molar-refractivity contribution in [2.75, 3.05) is 19.6 Å². The number of piperidine rings is 1. The van der Waals surface area contributed by atoms with Crippen molar-refractivity contribution in [3.05, 3.63) is 0 Å². The summed E-state index contributed by atoms with van der Waals surface area (Å²) in [4.78, 5) is 2.74. The maximum Gasteiger partial charge on any atom is 0.00978 e. The Morgan fingerprint density at radius 1 is 1.25 bits per heavy atom. The molecule has 1 saturated carbocycles. The molecule has 2 heteroatoms. The number of nitrogens with zero attached hydrogens (tertiary/aromatic N) is 1. The summed E-state index contributed by atoms with van der Waals surface area (Å²) in [5, 5.41) is 0. The molecule has 2 unspecified atom stereocenters. The van der Waals surface area contributed by atoms with Crippen molar-refractivity contribution in [2.45, 2.75) is 58.4 Å². The summed E-state index contributed by atoms with van der Waals surface area (Å²) < 4.78 is 0. The second-order valence-corrected chi connectivity index (χ2v) is 6.48. The van der Waals surface area contributed by atoms with E-state index in [0.717, 1.165) is 18.5 Å². The highest BCUT2D eigenvalue weighted by molar-refractivity contribution is 4.87. The highest BCUT2D eigenvalue weighted by atomic mass is 15.2. The van der Waals surface area contributed by atoms with Gasteiger partial charge in [0.25, 0.3) is 0 Å². The molecule has 1 aliphatic carbocycles. The van der Waals surface area contributed by atoms with Crippen LogP contribution in [0, 0.1) is 11.3 Å². The van der Waals surface area contributed by atoms with Crippen LogP contribution in [0.1, 0.15) is 52.4 Å². The lowest BCUT2D eigenvalue weighted by atomic mass is 9.78. The Balaban J connectivity index is 1.84. The molecular formula is C14H28N2. The van der Waals surface area contributed by atoms with E-state index in [1.165, 1.54) is 51.6 Å². The van der Waals surface area contributed by atoms with Gasteiger partial charge in [0.2, 0.25) is 0 Å². The van der Waals surface area contributed by atoms with Crippen molar-refractivity contribution < 1.29 is 0 Å². The van der Waals surface area contributed by atoms with Gasteiger partial charge in [0, 0.05) is 6.04 Å². The highest BCUT2D eigenvalue weighted by Gasteiger charge is 2.32. The highest BCUT2D eigenvalue weighted by Crippen LogP contribution is 2.34. The minimum Gasteiger partial charge on any atom is -0.330 e. The first kappa shape index (κ1) is 12.4. The van der Waals surface area contributed by atoms with Crippen LogP contribution in [0.4, 0.5) is 0 Å². The molecule has 0 aromatic rings. The molecule has 0 bridgehead atoms. The molecule has 2 atom stereocenters. The van der Waals surface area contributed by atoms with Gasteiger partial charge >= 0.3 is 0 Å². The first-order valence-corrected chi connectivity index (χ1v) is 7.07. The fourth-order valence-corrected chi connectivity index (χ4v) is 3.37. The van der Waals surface area contributed by atoms with E-state index in [2.05, 4.69) is 18.7 Å². The van der Waals surface area contributed by atoms with Crippen molar-refractivity contribution in [1.82, 2.24) is 4.90 Å². The van der Waals surface area contributed by atoms with E-state index < -0.39 is 0 Å². The van der Waals surface area contributed by atoms with Crippen LogP contribution in [0.3, 0.4) is 0 Å². The maximum absolute atomic E-state index is 5.86. The average Bonchev–Trinajstić information content (AvgIpc) is 2.30. The van der Waals surface area contributed by atoms with Crippen LogP contribution in [0.25, 0.3) is 0 Å². The minimum absolute atomic E-state index is 0.427. The zero-order valence-electron chi connectivity index (χ0n) is 11.0. The van der Waals surface area contributed by atoms with E-state index in [1.54, 1.807) is 0 Å². The van der Waals surface area contributed by atoms with Crippen LogP contribution in [-0.2, 0) is 0 Å². The average molecular weight is 224 g/mol. The number of hydrogen-bond donors (Lipinski definition) is 1. The first-order valence-electron chi connectivity index (χ1n) is 7.07. The monoisotopic (exact) mass is 224 g/mol. The molecule has 0 amide bonds. The largest absolute Gasteiger partial charge is 0.330 e. The van der Waals surface area contributed by atoms with Crippen molar-refractivity contribution in [3.63, 3.8) is 0 Å². The molecule has 1 saturated heterocycles. The van der Waals surface area contributed by atoms with E-state index in [4.69, 9.17) is 5.73 Å². The number of likely N-dealkylation sites (tertiary alicyclic amines) is 1. The van der Waals surface area contributed by atoms with Crippen molar-refractivity contribution in [3.8, 4) is 0 Å². The second-order valence-electron chi connectivity index (χ2n) is 6.48. The second kappa shape index (κ2) is 5.05. The number of rotatable bonds is 2. The first-order chi connectivity index (χ1) is 7.63. The molecule has 0 aromatic heterocycles. The summed E-state index contributed by atoms with van der Waals surface area (Å²) >= 11 is 0.